The topological polar surface area (TPSA) is 16.3 Å². The van der Waals surface area contributed by atoms with Crippen LogP contribution in [0.4, 0.5) is 34.1 Å². The van der Waals surface area contributed by atoms with Crippen molar-refractivity contribution in [1.82, 2.24) is 9.13 Å². The van der Waals surface area contributed by atoms with Gasteiger partial charge in [0, 0.05) is 78.1 Å². The smallest absolute Gasteiger partial charge is 0.252 e. The Balaban J connectivity index is 0.591. The van der Waals surface area contributed by atoms with Gasteiger partial charge in [0.2, 0.25) is 0 Å². The summed E-state index contributed by atoms with van der Waals surface area (Å²) in [7, 11) is 0. The molecule has 24 rings (SSSR count). The molecule has 0 atom stereocenters. The van der Waals surface area contributed by atoms with E-state index in [-0.39, 0.29) is 40.5 Å². The molecule has 0 amide bonds. The average Bonchev–Trinajstić information content (AvgIpc) is 1.45. The van der Waals surface area contributed by atoms with Gasteiger partial charge in [-0.2, -0.15) is 0 Å². The van der Waals surface area contributed by atoms with Crippen molar-refractivity contribution in [2.45, 2.75) is 130 Å². The summed E-state index contributed by atoms with van der Waals surface area (Å²) in [6.45, 7) is 33.4. The predicted molar refractivity (Wildman–Crippen MR) is 575 cm³/mol. The molecule has 20 aromatic rings. The van der Waals surface area contributed by atoms with E-state index in [1.165, 1.54) is 210 Å². The van der Waals surface area contributed by atoms with E-state index >= 15 is 0 Å². The molecular formula is C128H108B2N4. The van der Waals surface area contributed by atoms with Crippen LogP contribution < -0.4 is 42.6 Å². The molecule has 646 valence electrons. The summed E-state index contributed by atoms with van der Waals surface area (Å²) in [5.74, 6) is 0. The van der Waals surface area contributed by atoms with E-state index in [0.29, 0.717) is 0 Å². The van der Waals surface area contributed by atoms with E-state index in [9.17, 15) is 0 Å². The molecule has 0 radical (unpaired) electrons. The molecule has 0 N–H and O–H groups in total. The fourth-order valence-corrected chi connectivity index (χ4v) is 22.5. The molecule has 0 bridgehead atoms. The van der Waals surface area contributed by atoms with Gasteiger partial charge < -0.3 is 18.9 Å². The maximum Gasteiger partial charge on any atom is 0.252 e. The van der Waals surface area contributed by atoms with E-state index in [4.69, 9.17) is 0 Å². The third kappa shape index (κ3) is 13.7. The number of hydrogen-bond donors (Lipinski definition) is 0. The van der Waals surface area contributed by atoms with E-state index in [2.05, 4.69) is 504 Å². The molecule has 0 spiro atoms. The van der Waals surface area contributed by atoms with Gasteiger partial charge in [0.25, 0.3) is 13.4 Å². The van der Waals surface area contributed by atoms with Crippen LogP contribution in [0.3, 0.4) is 0 Å². The van der Waals surface area contributed by atoms with Crippen molar-refractivity contribution in [3.63, 3.8) is 0 Å². The first-order valence-corrected chi connectivity index (χ1v) is 48.0. The number of benzene rings is 18. The lowest BCUT2D eigenvalue weighted by molar-refractivity contribution is 0.522. The van der Waals surface area contributed by atoms with Crippen LogP contribution >= 0.6 is 0 Å². The third-order valence-corrected chi connectivity index (χ3v) is 29.9. The lowest BCUT2D eigenvalue weighted by Crippen LogP contribution is -2.61. The molecule has 2 aromatic heterocycles. The Morgan fingerprint density at radius 1 is 0.201 bits per heavy atom. The molecule has 4 nitrogen and oxygen atoms in total. The molecule has 0 saturated heterocycles. The number of nitrogens with zero attached hydrogens (tertiary/aromatic N) is 4. The van der Waals surface area contributed by atoms with Crippen LogP contribution in [0.15, 0.2) is 388 Å². The Hall–Kier alpha value is -14.7. The van der Waals surface area contributed by atoms with Crippen LogP contribution in [0.2, 0.25) is 0 Å². The van der Waals surface area contributed by atoms with Crippen molar-refractivity contribution < 1.29 is 0 Å². The maximum absolute atomic E-state index is 2.70. The van der Waals surface area contributed by atoms with Crippen molar-refractivity contribution in [3.8, 4) is 100 Å². The van der Waals surface area contributed by atoms with Gasteiger partial charge >= 0.3 is 0 Å². The van der Waals surface area contributed by atoms with Gasteiger partial charge in [-0.05, 0) is 286 Å². The first-order valence-electron chi connectivity index (χ1n) is 48.0. The number of rotatable bonds is 13. The highest BCUT2D eigenvalue weighted by molar-refractivity contribution is 7.01. The Kier molecular flexibility index (Phi) is 18.9. The van der Waals surface area contributed by atoms with E-state index in [1.807, 2.05) is 0 Å². The van der Waals surface area contributed by atoms with E-state index in [0.717, 1.165) is 40.4 Å². The summed E-state index contributed by atoms with van der Waals surface area (Å²) in [4.78, 5) is 5.07. The van der Waals surface area contributed by atoms with Crippen molar-refractivity contribution in [1.29, 1.82) is 0 Å². The maximum atomic E-state index is 2.70. The molecular weight excluding hydrogens is 1620 g/mol. The van der Waals surface area contributed by atoms with Crippen molar-refractivity contribution >= 4 is 124 Å². The zero-order chi connectivity index (χ0) is 91.3. The van der Waals surface area contributed by atoms with Crippen molar-refractivity contribution in [2.75, 3.05) is 9.80 Å². The van der Waals surface area contributed by atoms with Crippen LogP contribution in [0.25, 0.3) is 144 Å². The molecule has 0 unspecified atom stereocenters. The molecule has 0 fully saturated rings. The van der Waals surface area contributed by atoms with Crippen LogP contribution in [-0.2, 0) is 33.5 Å². The minimum Gasteiger partial charge on any atom is -0.311 e. The van der Waals surface area contributed by atoms with Crippen LogP contribution in [0.1, 0.15) is 130 Å². The number of fused-ring (bicyclic) bond motifs is 14. The highest BCUT2D eigenvalue weighted by Crippen LogP contribution is 2.50. The summed E-state index contributed by atoms with van der Waals surface area (Å²) in [6.07, 6.45) is 0.840. The van der Waals surface area contributed by atoms with E-state index in [1.54, 1.807) is 0 Å². The first kappa shape index (κ1) is 82.4. The van der Waals surface area contributed by atoms with Crippen LogP contribution in [-0.4, -0.2) is 22.6 Å². The number of aromatic nitrogens is 2. The fraction of sp³-hybridized carbons (Fsp3) is 0.156. The monoisotopic (exact) mass is 1720 g/mol. The quantitative estimate of drug-likeness (QED) is 0.107. The standard InChI is InChI=1S/C128H108B2N4/c1-124(2,3)97-58-66-112-104(71-97)106-73-99(126(7,8)9)75-110-122(106)133(112)118-77-101(78-119-121(118)130(110)111-76-100(127(10,11)12)74-107-105-72-98(125(4,5)6)59-67-113(105)134(119)123(107)111)128(13,14)79-80-26-24-33-94(68-80)91-46-44-88(45-47-91)90-54-62-103(63-55-90)132-115-65-57-96(93-50-42-86(43-51-93)83-31-22-17-23-32-83)70-109(115)129-108-69-95(92-48-40-85(41-49-92)82-29-20-16-21-30-82)56-64-114(108)131(116-34-25-35-117(132)120(116)129)102-60-52-89(53-61-102)87-38-36-84(37-39-87)81-27-18-15-19-28-81/h15-78H,79H2,1-14H3. The van der Waals surface area contributed by atoms with Gasteiger partial charge in [0.15, 0.2) is 0 Å². The molecule has 4 aliphatic heterocycles. The van der Waals surface area contributed by atoms with Crippen LogP contribution in [0, 0.1) is 0 Å². The van der Waals surface area contributed by atoms with Gasteiger partial charge in [-0.15, -0.1) is 0 Å². The van der Waals surface area contributed by atoms with E-state index < -0.39 is 0 Å². The first-order chi connectivity index (χ1) is 64.7. The second-order valence-corrected chi connectivity index (χ2v) is 43.0. The Morgan fingerprint density at radius 3 is 0.851 bits per heavy atom. The van der Waals surface area contributed by atoms with Crippen molar-refractivity contribution in [2.24, 2.45) is 0 Å². The van der Waals surface area contributed by atoms with Gasteiger partial charge in [-0.1, -0.05) is 388 Å². The molecule has 6 heteroatoms. The van der Waals surface area contributed by atoms with Gasteiger partial charge in [0.05, 0.1) is 11.0 Å². The SMILES string of the molecule is CC(C)(C)c1ccc2c(c1)c1cc(C(C)(C)C)cc3c1n2-c1cc(C(C)(C)Cc2cccc(-c4ccc(-c5ccc(N6c7ccc(-c8ccc(-c9ccccc9)cc8)cc7B7c8cc(-c9ccc(-c%10ccccc%10)cc9)ccc8N(c8ccc(-c9ccc(-c%10ccccc%10)cc9)cc8)c8cccc6c87)cc5)cc4)c2)cc2c1B3c1cc(C(C)(C)C)cc3c4cc(C(C)(C)C)ccc4n-2c13. The Bertz CT molecular complexity index is 7950. The molecule has 0 saturated carbocycles. The van der Waals surface area contributed by atoms with Crippen LogP contribution in [0.5, 0.6) is 0 Å². The van der Waals surface area contributed by atoms with Crippen molar-refractivity contribution in [3.05, 3.63) is 422 Å². The zero-order valence-electron chi connectivity index (χ0n) is 79.1. The lowest BCUT2D eigenvalue weighted by Gasteiger charge is -2.44. The van der Waals surface area contributed by atoms with Gasteiger partial charge in [0.1, 0.15) is 0 Å². The average molecular weight is 1720 g/mol. The van der Waals surface area contributed by atoms with Gasteiger partial charge in [-0.25, -0.2) is 0 Å². The normalized spacial score (nSPS) is 13.3. The Labute approximate surface area is 789 Å². The second-order valence-electron chi connectivity index (χ2n) is 43.0. The summed E-state index contributed by atoms with van der Waals surface area (Å²) in [6, 6.07) is 148. The Morgan fingerprint density at radius 2 is 0.493 bits per heavy atom. The lowest BCUT2D eigenvalue weighted by atomic mass is 9.33. The number of hydrogen-bond acceptors (Lipinski definition) is 2. The summed E-state index contributed by atoms with van der Waals surface area (Å²) in [5.41, 5.74) is 49.3. The second kappa shape index (κ2) is 30.7. The fourth-order valence-electron chi connectivity index (χ4n) is 22.5. The number of anilines is 6. The molecule has 18 aromatic carbocycles. The highest BCUT2D eigenvalue weighted by atomic mass is 15.2. The molecule has 0 aliphatic carbocycles. The van der Waals surface area contributed by atoms with Gasteiger partial charge in [-0.3, -0.25) is 0 Å². The minimum absolute atomic E-state index is 0.000892. The molecule has 6 heterocycles. The largest absolute Gasteiger partial charge is 0.311 e. The minimum atomic E-state index is -0.305. The molecule has 4 aliphatic rings. The predicted octanol–water partition coefficient (Wildman–Crippen LogP) is 30.2. The summed E-state index contributed by atoms with van der Waals surface area (Å²) < 4.78 is 5.40. The zero-order valence-corrected chi connectivity index (χ0v) is 79.1. The molecule has 134 heavy (non-hydrogen) atoms. The summed E-state index contributed by atoms with van der Waals surface area (Å²) >= 11 is 0. The highest BCUT2D eigenvalue weighted by Gasteiger charge is 2.47. The summed E-state index contributed by atoms with van der Waals surface area (Å²) in [5, 5.41) is 5.35. The third-order valence-electron chi connectivity index (χ3n) is 29.9.